The Kier molecular flexibility index (Phi) is 4.85. The van der Waals surface area contributed by atoms with Gasteiger partial charge in [0, 0.05) is 6.04 Å². The van der Waals surface area contributed by atoms with Crippen molar-refractivity contribution in [2.24, 2.45) is 11.7 Å². The zero-order valence-electron chi connectivity index (χ0n) is 12.5. The maximum atomic E-state index is 11.8. The average molecular weight is 267 g/mol. The van der Waals surface area contributed by atoms with Gasteiger partial charge in [0.15, 0.2) is 0 Å². The van der Waals surface area contributed by atoms with Gasteiger partial charge in [-0.05, 0) is 58.7 Å². The predicted octanol–water partition coefficient (Wildman–Crippen LogP) is 1.49. The molecule has 19 heavy (non-hydrogen) atoms. The Labute approximate surface area is 117 Å². The predicted molar refractivity (Wildman–Crippen MR) is 77.8 cm³/mol. The van der Waals surface area contributed by atoms with E-state index >= 15 is 0 Å². The number of likely N-dealkylation sites (N-methyl/N-ethyl adjacent to an activating group) is 1. The molecular formula is C15H29N3O. The smallest absolute Gasteiger partial charge is 0.238 e. The Balaban J connectivity index is 1.89. The van der Waals surface area contributed by atoms with Gasteiger partial charge in [-0.15, -0.1) is 0 Å². The third-order valence-corrected chi connectivity index (χ3v) is 5.48. The van der Waals surface area contributed by atoms with Crippen LogP contribution in [0.15, 0.2) is 0 Å². The van der Waals surface area contributed by atoms with Crippen LogP contribution in [0.5, 0.6) is 0 Å². The van der Waals surface area contributed by atoms with Gasteiger partial charge in [0.25, 0.3) is 0 Å². The fourth-order valence-corrected chi connectivity index (χ4v) is 4.13. The largest absolute Gasteiger partial charge is 0.368 e. The molecule has 1 amide bonds. The second-order valence-corrected chi connectivity index (χ2v) is 6.38. The molecule has 2 aliphatic rings. The molecule has 0 heterocycles. The summed E-state index contributed by atoms with van der Waals surface area (Å²) in [6, 6.07) is 0.763. The maximum Gasteiger partial charge on any atom is 0.238 e. The van der Waals surface area contributed by atoms with E-state index in [0.29, 0.717) is 5.92 Å². The quantitative estimate of drug-likeness (QED) is 0.766. The molecule has 0 radical (unpaired) electrons. The highest BCUT2D eigenvalue weighted by atomic mass is 16.1. The molecule has 0 aliphatic heterocycles. The van der Waals surface area contributed by atoms with E-state index in [1.807, 2.05) is 7.05 Å². The van der Waals surface area contributed by atoms with Crippen LogP contribution in [0, 0.1) is 5.92 Å². The molecule has 4 heteroatoms. The summed E-state index contributed by atoms with van der Waals surface area (Å²) in [4.78, 5) is 14.3. The van der Waals surface area contributed by atoms with E-state index in [1.165, 1.54) is 25.7 Å². The summed E-state index contributed by atoms with van der Waals surface area (Å²) < 4.78 is 0. The van der Waals surface area contributed by atoms with E-state index in [1.54, 1.807) is 0 Å². The molecule has 0 aromatic carbocycles. The van der Waals surface area contributed by atoms with Crippen molar-refractivity contribution in [3.05, 3.63) is 0 Å². The SMILES string of the molecule is CNC1(C(N)=O)CCCC1CCN(C)C1CCCC1. The number of nitrogens with one attached hydrogen (secondary N) is 1. The molecule has 2 rings (SSSR count). The molecule has 4 nitrogen and oxygen atoms in total. The molecule has 3 N–H and O–H groups in total. The van der Waals surface area contributed by atoms with Crippen molar-refractivity contribution in [2.45, 2.75) is 62.9 Å². The molecule has 2 atom stereocenters. The minimum Gasteiger partial charge on any atom is -0.368 e. The highest BCUT2D eigenvalue weighted by Gasteiger charge is 2.46. The van der Waals surface area contributed by atoms with Gasteiger partial charge in [-0.1, -0.05) is 19.3 Å². The van der Waals surface area contributed by atoms with E-state index in [4.69, 9.17) is 5.73 Å². The summed E-state index contributed by atoms with van der Waals surface area (Å²) in [5.41, 5.74) is 5.20. The van der Waals surface area contributed by atoms with Crippen LogP contribution >= 0.6 is 0 Å². The second kappa shape index (κ2) is 6.23. The summed E-state index contributed by atoms with van der Waals surface area (Å²) in [6.45, 7) is 1.09. The molecule has 0 spiro atoms. The van der Waals surface area contributed by atoms with Crippen molar-refractivity contribution < 1.29 is 4.79 Å². The Morgan fingerprint density at radius 1 is 1.32 bits per heavy atom. The number of hydrogen-bond donors (Lipinski definition) is 2. The number of rotatable bonds is 6. The molecule has 0 aromatic heterocycles. The molecular weight excluding hydrogens is 238 g/mol. The molecule has 0 aromatic rings. The molecule has 2 fully saturated rings. The van der Waals surface area contributed by atoms with Crippen LogP contribution in [0.2, 0.25) is 0 Å². The van der Waals surface area contributed by atoms with E-state index < -0.39 is 5.54 Å². The number of nitrogens with two attached hydrogens (primary N) is 1. The summed E-state index contributed by atoms with van der Waals surface area (Å²) in [6.07, 6.45) is 9.65. The van der Waals surface area contributed by atoms with Crippen LogP contribution in [0.25, 0.3) is 0 Å². The molecule has 2 saturated carbocycles. The molecule has 2 aliphatic carbocycles. The van der Waals surface area contributed by atoms with Crippen molar-refractivity contribution in [3.8, 4) is 0 Å². The molecule has 0 saturated heterocycles. The van der Waals surface area contributed by atoms with E-state index in [0.717, 1.165) is 38.3 Å². The average Bonchev–Trinajstić information content (AvgIpc) is 3.05. The lowest BCUT2D eigenvalue weighted by Gasteiger charge is -2.34. The zero-order valence-corrected chi connectivity index (χ0v) is 12.5. The summed E-state index contributed by atoms with van der Waals surface area (Å²) in [7, 11) is 4.11. The minimum atomic E-state index is -0.448. The number of carbonyl (C=O) groups is 1. The van der Waals surface area contributed by atoms with E-state index in [-0.39, 0.29) is 5.91 Å². The van der Waals surface area contributed by atoms with Crippen molar-refractivity contribution in [2.75, 3.05) is 20.6 Å². The van der Waals surface area contributed by atoms with Crippen LogP contribution < -0.4 is 11.1 Å². The number of primary amides is 1. The first kappa shape index (κ1) is 14.8. The van der Waals surface area contributed by atoms with Gasteiger partial charge in [-0.25, -0.2) is 0 Å². The third kappa shape index (κ3) is 2.95. The Morgan fingerprint density at radius 3 is 2.58 bits per heavy atom. The second-order valence-electron chi connectivity index (χ2n) is 6.38. The number of amides is 1. The Morgan fingerprint density at radius 2 is 2.00 bits per heavy atom. The van der Waals surface area contributed by atoms with E-state index in [9.17, 15) is 4.79 Å². The van der Waals surface area contributed by atoms with Gasteiger partial charge < -0.3 is 16.0 Å². The fraction of sp³-hybridized carbons (Fsp3) is 0.933. The molecule has 110 valence electrons. The summed E-state index contributed by atoms with van der Waals surface area (Å²) >= 11 is 0. The van der Waals surface area contributed by atoms with Crippen molar-refractivity contribution >= 4 is 5.91 Å². The first-order chi connectivity index (χ1) is 9.10. The monoisotopic (exact) mass is 267 g/mol. The number of hydrogen-bond acceptors (Lipinski definition) is 3. The van der Waals surface area contributed by atoms with Gasteiger partial charge in [0.05, 0.1) is 0 Å². The first-order valence-electron chi connectivity index (χ1n) is 7.79. The van der Waals surface area contributed by atoms with Gasteiger partial charge in [-0.2, -0.15) is 0 Å². The Bertz CT molecular complexity index is 315. The molecule has 0 bridgehead atoms. The standard InChI is InChI=1S/C15H29N3O/c1-17-15(14(16)19)10-5-6-12(15)9-11-18(2)13-7-3-4-8-13/h12-13,17H,3-11H2,1-2H3,(H2,16,19). The fourth-order valence-electron chi connectivity index (χ4n) is 4.13. The van der Waals surface area contributed by atoms with Gasteiger partial charge >= 0.3 is 0 Å². The summed E-state index contributed by atoms with van der Waals surface area (Å²) in [5.74, 6) is 0.236. The van der Waals surface area contributed by atoms with Crippen LogP contribution in [-0.2, 0) is 4.79 Å². The van der Waals surface area contributed by atoms with Crippen LogP contribution in [0.4, 0.5) is 0 Å². The van der Waals surface area contributed by atoms with E-state index in [2.05, 4.69) is 17.3 Å². The zero-order chi connectivity index (χ0) is 13.9. The van der Waals surface area contributed by atoms with Crippen LogP contribution in [0.1, 0.15) is 51.4 Å². The lowest BCUT2D eigenvalue weighted by Crippen LogP contribution is -2.56. The molecule has 2 unspecified atom stereocenters. The number of carbonyl (C=O) groups excluding carboxylic acids is 1. The first-order valence-corrected chi connectivity index (χ1v) is 7.79. The normalized spacial score (nSPS) is 32.3. The lowest BCUT2D eigenvalue weighted by molar-refractivity contribution is -0.125. The summed E-state index contributed by atoms with van der Waals surface area (Å²) in [5, 5.41) is 3.23. The van der Waals surface area contributed by atoms with Crippen molar-refractivity contribution in [3.63, 3.8) is 0 Å². The van der Waals surface area contributed by atoms with Gasteiger partial charge in [-0.3, -0.25) is 4.79 Å². The maximum absolute atomic E-state index is 11.8. The highest BCUT2D eigenvalue weighted by Crippen LogP contribution is 2.38. The van der Waals surface area contributed by atoms with Crippen LogP contribution in [-0.4, -0.2) is 43.0 Å². The third-order valence-electron chi connectivity index (χ3n) is 5.48. The van der Waals surface area contributed by atoms with Crippen molar-refractivity contribution in [1.82, 2.24) is 10.2 Å². The van der Waals surface area contributed by atoms with Gasteiger partial charge in [0.1, 0.15) is 5.54 Å². The minimum absolute atomic E-state index is 0.166. The topological polar surface area (TPSA) is 58.4 Å². The van der Waals surface area contributed by atoms with Gasteiger partial charge in [0.2, 0.25) is 5.91 Å². The lowest BCUT2D eigenvalue weighted by atomic mass is 9.84. The van der Waals surface area contributed by atoms with Crippen LogP contribution in [0.3, 0.4) is 0 Å². The highest BCUT2D eigenvalue weighted by molar-refractivity contribution is 5.85. The number of nitrogens with zero attached hydrogens (tertiary/aromatic N) is 1. The van der Waals surface area contributed by atoms with Crippen molar-refractivity contribution in [1.29, 1.82) is 0 Å². The Hall–Kier alpha value is -0.610.